The minimum absolute atomic E-state index is 0.0544. The first-order chi connectivity index (χ1) is 13.9. The average molecular weight is 426 g/mol. The Labute approximate surface area is 173 Å². The van der Waals surface area contributed by atoms with Gasteiger partial charge in [0, 0.05) is 37.0 Å². The van der Waals surface area contributed by atoms with Gasteiger partial charge in [-0.1, -0.05) is 11.6 Å². The summed E-state index contributed by atoms with van der Waals surface area (Å²) in [5.74, 6) is -0.757. The van der Waals surface area contributed by atoms with Crippen molar-refractivity contribution in [1.82, 2.24) is 15.6 Å². The minimum Gasteiger partial charge on any atom is -0.379 e. The number of nitrogens with one attached hydrogen (secondary N) is 2. The Kier molecular flexibility index (Phi) is 8.97. The van der Waals surface area contributed by atoms with Gasteiger partial charge in [-0.3, -0.25) is 24.6 Å². The van der Waals surface area contributed by atoms with Gasteiger partial charge in [0.25, 0.3) is 11.6 Å². The van der Waals surface area contributed by atoms with Gasteiger partial charge in [-0.2, -0.15) is 5.10 Å². The van der Waals surface area contributed by atoms with Crippen molar-refractivity contribution in [2.24, 2.45) is 5.10 Å². The van der Waals surface area contributed by atoms with Crippen molar-refractivity contribution in [2.75, 3.05) is 39.4 Å². The molecular formula is C18H24ClN5O5. The minimum atomic E-state index is -0.633. The molecule has 1 aromatic rings. The zero-order chi connectivity index (χ0) is 21.2. The van der Waals surface area contributed by atoms with Gasteiger partial charge in [-0.05, 0) is 32.0 Å². The number of nitro benzene ring substituents is 1. The van der Waals surface area contributed by atoms with E-state index in [1.54, 1.807) is 6.92 Å². The number of benzene rings is 1. The Morgan fingerprint density at radius 3 is 2.72 bits per heavy atom. The number of hydrazone groups is 1. The molecule has 158 valence electrons. The molecule has 2 amide bonds. The first kappa shape index (κ1) is 22.7. The number of hydrogen-bond acceptors (Lipinski definition) is 7. The van der Waals surface area contributed by atoms with E-state index in [-0.39, 0.29) is 28.6 Å². The Hall–Kier alpha value is -2.56. The second-order valence-electron chi connectivity index (χ2n) is 6.55. The molecule has 1 aliphatic rings. The van der Waals surface area contributed by atoms with Gasteiger partial charge in [0.2, 0.25) is 5.91 Å². The van der Waals surface area contributed by atoms with Crippen LogP contribution in [0.5, 0.6) is 0 Å². The molecule has 2 rings (SSSR count). The van der Waals surface area contributed by atoms with Gasteiger partial charge < -0.3 is 10.1 Å². The molecule has 2 N–H and O–H groups in total. The third kappa shape index (κ3) is 7.76. The first-order valence-electron chi connectivity index (χ1n) is 9.21. The highest BCUT2D eigenvalue weighted by atomic mass is 35.5. The van der Waals surface area contributed by atoms with Crippen LogP contribution in [0.1, 0.15) is 30.1 Å². The first-order valence-corrected chi connectivity index (χ1v) is 9.59. The van der Waals surface area contributed by atoms with Crippen molar-refractivity contribution in [2.45, 2.75) is 19.8 Å². The summed E-state index contributed by atoms with van der Waals surface area (Å²) in [7, 11) is 0. The number of rotatable bonds is 9. The summed E-state index contributed by atoms with van der Waals surface area (Å²) in [5.41, 5.74) is 2.59. The maximum absolute atomic E-state index is 12.1. The average Bonchev–Trinajstić information content (AvgIpc) is 2.69. The maximum atomic E-state index is 12.1. The number of morpholine rings is 1. The lowest BCUT2D eigenvalue weighted by Crippen LogP contribution is -2.38. The van der Waals surface area contributed by atoms with Crippen LogP contribution in [0.3, 0.4) is 0 Å². The summed E-state index contributed by atoms with van der Waals surface area (Å²) in [6, 6.07) is 3.63. The zero-order valence-corrected chi connectivity index (χ0v) is 16.9. The second kappa shape index (κ2) is 11.4. The number of halogens is 1. The van der Waals surface area contributed by atoms with Crippen LogP contribution < -0.4 is 10.7 Å². The molecule has 11 heteroatoms. The molecule has 0 atom stereocenters. The van der Waals surface area contributed by atoms with Crippen LogP contribution >= 0.6 is 11.6 Å². The molecular weight excluding hydrogens is 402 g/mol. The van der Waals surface area contributed by atoms with Crippen LogP contribution in [-0.2, 0) is 9.53 Å². The quantitative estimate of drug-likeness (QED) is 0.268. The highest BCUT2D eigenvalue weighted by Gasteiger charge is 2.15. The summed E-state index contributed by atoms with van der Waals surface area (Å²) in [5, 5.41) is 17.3. The van der Waals surface area contributed by atoms with Crippen LogP contribution in [0.15, 0.2) is 23.3 Å². The SMILES string of the molecule is CC(CC(=O)NCCCN1CCOCC1)=NNC(=O)c1ccc([N+](=O)[O-])c(Cl)c1. The fraction of sp³-hybridized carbons (Fsp3) is 0.500. The third-order valence-corrected chi connectivity index (χ3v) is 4.55. The largest absolute Gasteiger partial charge is 0.379 e. The monoisotopic (exact) mass is 425 g/mol. The van der Waals surface area contributed by atoms with E-state index >= 15 is 0 Å². The molecule has 29 heavy (non-hydrogen) atoms. The van der Waals surface area contributed by atoms with Crippen molar-refractivity contribution >= 4 is 34.8 Å². The number of nitrogens with zero attached hydrogens (tertiary/aromatic N) is 3. The van der Waals surface area contributed by atoms with Crippen molar-refractivity contribution in [3.8, 4) is 0 Å². The van der Waals surface area contributed by atoms with Crippen LogP contribution in [0.2, 0.25) is 5.02 Å². The molecule has 1 heterocycles. The molecule has 1 aliphatic heterocycles. The number of carbonyl (C=O) groups is 2. The molecule has 1 fully saturated rings. The summed E-state index contributed by atoms with van der Waals surface area (Å²) >= 11 is 5.79. The van der Waals surface area contributed by atoms with E-state index in [1.807, 2.05) is 0 Å². The molecule has 0 bridgehead atoms. The summed E-state index contributed by atoms with van der Waals surface area (Å²) in [4.78, 5) is 36.4. The van der Waals surface area contributed by atoms with E-state index in [4.69, 9.17) is 16.3 Å². The van der Waals surface area contributed by atoms with Gasteiger partial charge in [0.1, 0.15) is 5.02 Å². The smallest absolute Gasteiger partial charge is 0.287 e. The normalized spacial score (nSPS) is 15.0. The fourth-order valence-corrected chi connectivity index (χ4v) is 2.95. The number of nitro groups is 1. The molecule has 0 aromatic heterocycles. The van der Waals surface area contributed by atoms with Crippen LogP contribution in [0.25, 0.3) is 0 Å². The lowest BCUT2D eigenvalue weighted by Gasteiger charge is -2.26. The zero-order valence-electron chi connectivity index (χ0n) is 16.1. The molecule has 0 aliphatic carbocycles. The number of carbonyl (C=O) groups excluding carboxylic acids is 2. The predicted octanol–water partition coefficient (Wildman–Crippen LogP) is 1.58. The molecule has 1 saturated heterocycles. The van der Waals surface area contributed by atoms with Gasteiger partial charge in [-0.25, -0.2) is 5.43 Å². The van der Waals surface area contributed by atoms with Crippen LogP contribution in [0.4, 0.5) is 5.69 Å². The topological polar surface area (TPSA) is 126 Å². The summed E-state index contributed by atoms with van der Waals surface area (Å²) < 4.78 is 5.29. The van der Waals surface area contributed by atoms with Crippen molar-refractivity contribution in [1.29, 1.82) is 0 Å². The number of hydrogen-bond donors (Lipinski definition) is 2. The highest BCUT2D eigenvalue weighted by Crippen LogP contribution is 2.24. The van der Waals surface area contributed by atoms with Gasteiger partial charge in [-0.15, -0.1) is 0 Å². The van der Waals surface area contributed by atoms with Gasteiger partial charge >= 0.3 is 0 Å². The second-order valence-corrected chi connectivity index (χ2v) is 6.95. The molecule has 1 aromatic carbocycles. The molecule has 0 radical (unpaired) electrons. The fourth-order valence-electron chi connectivity index (χ4n) is 2.70. The van der Waals surface area contributed by atoms with Crippen LogP contribution in [0, 0.1) is 10.1 Å². The van der Waals surface area contributed by atoms with Gasteiger partial charge in [0.05, 0.1) is 24.6 Å². The molecule has 10 nitrogen and oxygen atoms in total. The standard InChI is InChI=1S/C18H24ClN5O5/c1-13(11-17(25)20-5-2-6-23-7-9-29-10-8-23)21-22-18(26)14-3-4-16(24(27)28)15(19)12-14/h3-4,12H,2,5-11H2,1H3,(H,20,25)(H,22,26). The summed E-state index contributed by atoms with van der Waals surface area (Å²) in [6.45, 7) is 6.43. The summed E-state index contributed by atoms with van der Waals surface area (Å²) in [6.07, 6.45) is 0.901. The molecule has 0 spiro atoms. The Balaban J connectivity index is 1.71. The lowest BCUT2D eigenvalue weighted by atomic mass is 10.2. The highest BCUT2D eigenvalue weighted by molar-refractivity contribution is 6.33. The predicted molar refractivity (Wildman–Crippen MR) is 108 cm³/mol. The number of amides is 2. The van der Waals surface area contributed by atoms with Crippen molar-refractivity contribution in [3.05, 3.63) is 38.9 Å². The number of ether oxygens (including phenoxy) is 1. The van der Waals surface area contributed by atoms with E-state index in [1.165, 1.54) is 12.1 Å². The van der Waals surface area contributed by atoms with E-state index in [0.29, 0.717) is 12.3 Å². The maximum Gasteiger partial charge on any atom is 0.287 e. The Bertz CT molecular complexity index is 780. The third-order valence-electron chi connectivity index (χ3n) is 4.25. The van der Waals surface area contributed by atoms with E-state index in [2.05, 4.69) is 20.7 Å². The van der Waals surface area contributed by atoms with Gasteiger partial charge in [0.15, 0.2) is 0 Å². The van der Waals surface area contributed by atoms with E-state index < -0.39 is 10.8 Å². The Morgan fingerprint density at radius 1 is 1.34 bits per heavy atom. The molecule has 0 unspecified atom stereocenters. The van der Waals surface area contributed by atoms with Crippen molar-refractivity contribution < 1.29 is 19.2 Å². The van der Waals surface area contributed by atoms with E-state index in [0.717, 1.165) is 45.3 Å². The molecule has 0 saturated carbocycles. The Morgan fingerprint density at radius 2 is 2.07 bits per heavy atom. The van der Waals surface area contributed by atoms with E-state index in [9.17, 15) is 19.7 Å². The van der Waals surface area contributed by atoms with Crippen molar-refractivity contribution in [3.63, 3.8) is 0 Å². The lowest BCUT2D eigenvalue weighted by molar-refractivity contribution is -0.384. The van der Waals surface area contributed by atoms with Crippen LogP contribution in [-0.4, -0.2) is 66.7 Å².